The number of ether oxygens (including phenoxy) is 3. The highest BCUT2D eigenvalue weighted by atomic mass is 32.1. The van der Waals surface area contributed by atoms with Crippen molar-refractivity contribution in [3.05, 3.63) is 116 Å². The summed E-state index contributed by atoms with van der Waals surface area (Å²) in [6, 6.07) is 14.1. The Balaban J connectivity index is 1.84. The van der Waals surface area contributed by atoms with Crippen molar-refractivity contribution in [3.8, 4) is 11.5 Å². The number of allylic oxidation sites excluding steroid dienone is 1. The van der Waals surface area contributed by atoms with Crippen molar-refractivity contribution in [1.82, 2.24) is 4.57 Å². The van der Waals surface area contributed by atoms with Gasteiger partial charge >= 0.3 is 5.97 Å². The third kappa shape index (κ3) is 5.65. The second-order valence-electron chi connectivity index (χ2n) is 8.14. The van der Waals surface area contributed by atoms with Gasteiger partial charge in [-0.25, -0.2) is 9.79 Å². The number of esters is 1. The van der Waals surface area contributed by atoms with E-state index in [1.807, 2.05) is 48.5 Å². The topological polar surface area (TPSA) is 79.1 Å². The van der Waals surface area contributed by atoms with E-state index in [0.717, 1.165) is 11.1 Å². The highest BCUT2D eigenvalue weighted by molar-refractivity contribution is 7.07. The van der Waals surface area contributed by atoms with Gasteiger partial charge in [-0.3, -0.25) is 9.36 Å². The molecule has 0 aliphatic carbocycles. The first kappa shape index (κ1) is 25.9. The van der Waals surface area contributed by atoms with Gasteiger partial charge in [-0.05, 0) is 55.3 Å². The lowest BCUT2D eigenvalue weighted by atomic mass is 9.96. The van der Waals surface area contributed by atoms with Crippen LogP contribution in [0.5, 0.6) is 11.5 Å². The molecule has 4 rings (SSSR count). The molecule has 1 aromatic heterocycles. The number of benzene rings is 2. The zero-order valence-corrected chi connectivity index (χ0v) is 21.6. The molecule has 1 atom stereocenters. The molecule has 0 amide bonds. The second-order valence-corrected chi connectivity index (χ2v) is 9.15. The van der Waals surface area contributed by atoms with Crippen LogP contribution >= 0.6 is 11.3 Å². The minimum absolute atomic E-state index is 0.214. The Hall–Kier alpha value is -4.17. The van der Waals surface area contributed by atoms with Gasteiger partial charge in [0.2, 0.25) is 0 Å². The number of rotatable bonds is 10. The Bertz CT molecular complexity index is 1530. The molecule has 8 heteroatoms. The summed E-state index contributed by atoms with van der Waals surface area (Å²) < 4.78 is 18.6. The number of nitrogens with zero attached hydrogens (tertiary/aromatic N) is 2. The molecule has 190 valence electrons. The van der Waals surface area contributed by atoms with E-state index in [1.165, 1.54) is 11.3 Å². The maximum atomic E-state index is 13.7. The van der Waals surface area contributed by atoms with Crippen LogP contribution in [0.3, 0.4) is 0 Å². The predicted octanol–water partition coefficient (Wildman–Crippen LogP) is 3.93. The SMILES string of the molecule is C=CCOc1ccc([C@@H]2C(C(=O)OCC)=C(C)N=c3s/c(=C\c4cccc(OCC=C)c4)c(=O)n32)cc1. The molecule has 0 bridgehead atoms. The first-order valence-electron chi connectivity index (χ1n) is 11.8. The minimum atomic E-state index is -0.687. The lowest BCUT2D eigenvalue weighted by Crippen LogP contribution is -2.39. The van der Waals surface area contributed by atoms with Crippen molar-refractivity contribution < 1.29 is 19.0 Å². The summed E-state index contributed by atoms with van der Waals surface area (Å²) in [6.45, 7) is 11.8. The van der Waals surface area contributed by atoms with Crippen LogP contribution in [0, 0.1) is 0 Å². The molecule has 1 aliphatic rings. The molecular weight excluding hydrogens is 488 g/mol. The summed E-state index contributed by atoms with van der Waals surface area (Å²) in [7, 11) is 0. The second kappa shape index (κ2) is 11.7. The van der Waals surface area contributed by atoms with Crippen LogP contribution in [-0.4, -0.2) is 30.4 Å². The fraction of sp³-hybridized carbons (Fsp3) is 0.207. The largest absolute Gasteiger partial charge is 0.490 e. The number of carbonyl (C=O) groups is 1. The van der Waals surface area contributed by atoms with E-state index in [9.17, 15) is 9.59 Å². The molecule has 0 saturated carbocycles. The van der Waals surface area contributed by atoms with Gasteiger partial charge in [-0.1, -0.05) is 60.9 Å². The summed E-state index contributed by atoms with van der Waals surface area (Å²) in [5.41, 5.74) is 2.17. The molecule has 0 spiro atoms. The Morgan fingerprint density at radius 3 is 2.46 bits per heavy atom. The fourth-order valence-electron chi connectivity index (χ4n) is 4.01. The lowest BCUT2D eigenvalue weighted by Gasteiger charge is -2.24. The molecule has 0 radical (unpaired) electrons. The molecule has 0 N–H and O–H groups in total. The van der Waals surface area contributed by atoms with E-state index in [2.05, 4.69) is 18.2 Å². The molecule has 1 aliphatic heterocycles. The van der Waals surface area contributed by atoms with Crippen LogP contribution in [0.2, 0.25) is 0 Å². The number of carbonyl (C=O) groups excluding carboxylic acids is 1. The molecule has 0 saturated heterocycles. The Morgan fingerprint density at radius 1 is 1.08 bits per heavy atom. The third-order valence-electron chi connectivity index (χ3n) is 5.60. The summed E-state index contributed by atoms with van der Waals surface area (Å²) >= 11 is 1.27. The Morgan fingerprint density at radius 2 is 1.78 bits per heavy atom. The minimum Gasteiger partial charge on any atom is -0.490 e. The highest BCUT2D eigenvalue weighted by Crippen LogP contribution is 2.31. The highest BCUT2D eigenvalue weighted by Gasteiger charge is 2.33. The van der Waals surface area contributed by atoms with Gasteiger partial charge in [0.05, 0.1) is 28.5 Å². The molecule has 0 fully saturated rings. The van der Waals surface area contributed by atoms with Crippen molar-refractivity contribution >= 4 is 23.4 Å². The van der Waals surface area contributed by atoms with Crippen LogP contribution in [0.4, 0.5) is 0 Å². The monoisotopic (exact) mass is 516 g/mol. The molecular formula is C29H28N2O5S. The van der Waals surface area contributed by atoms with Gasteiger partial charge < -0.3 is 14.2 Å². The molecule has 7 nitrogen and oxygen atoms in total. The van der Waals surface area contributed by atoms with E-state index in [-0.39, 0.29) is 12.2 Å². The molecule has 37 heavy (non-hydrogen) atoms. The van der Waals surface area contributed by atoms with Crippen molar-refractivity contribution in [3.63, 3.8) is 0 Å². The number of fused-ring (bicyclic) bond motifs is 1. The molecule has 3 aromatic rings. The summed E-state index contributed by atoms with van der Waals surface area (Å²) in [5.74, 6) is 0.841. The smallest absolute Gasteiger partial charge is 0.338 e. The normalized spacial score (nSPS) is 15.0. The van der Waals surface area contributed by atoms with Gasteiger partial charge in [0.1, 0.15) is 24.7 Å². The number of hydrogen-bond donors (Lipinski definition) is 0. The molecule has 2 aromatic carbocycles. The number of aromatic nitrogens is 1. The Labute approximate surface area is 219 Å². The van der Waals surface area contributed by atoms with Crippen molar-refractivity contribution in [2.24, 2.45) is 4.99 Å². The van der Waals surface area contributed by atoms with Crippen molar-refractivity contribution in [2.75, 3.05) is 19.8 Å². The summed E-state index contributed by atoms with van der Waals surface area (Å²) in [5, 5.41) is 0. The van der Waals surface area contributed by atoms with Crippen LogP contribution in [-0.2, 0) is 9.53 Å². The zero-order chi connectivity index (χ0) is 26.4. The zero-order valence-electron chi connectivity index (χ0n) is 20.8. The summed E-state index contributed by atoms with van der Waals surface area (Å²) in [4.78, 5) is 31.9. The van der Waals surface area contributed by atoms with Crippen LogP contribution in [0.1, 0.15) is 31.0 Å². The average Bonchev–Trinajstić information content (AvgIpc) is 3.20. The van der Waals surface area contributed by atoms with Crippen LogP contribution in [0.15, 0.2) is 94.9 Å². The first-order chi connectivity index (χ1) is 18.0. The van der Waals surface area contributed by atoms with Crippen molar-refractivity contribution in [1.29, 1.82) is 0 Å². The van der Waals surface area contributed by atoms with Crippen LogP contribution in [0.25, 0.3) is 6.08 Å². The number of hydrogen-bond acceptors (Lipinski definition) is 7. The molecule has 2 heterocycles. The van der Waals surface area contributed by atoms with Crippen LogP contribution < -0.4 is 24.4 Å². The van der Waals surface area contributed by atoms with Gasteiger partial charge in [0, 0.05) is 0 Å². The van der Waals surface area contributed by atoms with E-state index in [1.54, 1.807) is 36.6 Å². The molecule has 0 unspecified atom stereocenters. The fourth-order valence-corrected chi connectivity index (χ4v) is 5.06. The van der Waals surface area contributed by atoms with Gasteiger partial charge in [-0.2, -0.15) is 0 Å². The predicted molar refractivity (Wildman–Crippen MR) is 145 cm³/mol. The van der Waals surface area contributed by atoms with Gasteiger partial charge in [-0.15, -0.1) is 0 Å². The standard InChI is InChI=1S/C29H28N2O5S/c1-5-15-35-22-13-11-21(12-14-22)26-25(28(33)34-7-3)19(4)30-29-31(26)27(32)24(37-29)18-20-9-8-10-23(17-20)36-16-6-2/h5-6,8-14,17-18,26H,1-2,7,15-16H2,3-4H3/b24-18-/t26-/m1/s1. The first-order valence-corrected chi connectivity index (χ1v) is 12.7. The number of thiazole rings is 1. The van der Waals surface area contributed by atoms with Crippen molar-refractivity contribution in [2.45, 2.75) is 19.9 Å². The quantitative estimate of drug-likeness (QED) is 0.301. The van der Waals surface area contributed by atoms with Gasteiger partial charge in [0.25, 0.3) is 5.56 Å². The van der Waals surface area contributed by atoms with E-state index in [4.69, 9.17) is 14.2 Å². The average molecular weight is 517 g/mol. The van der Waals surface area contributed by atoms with E-state index >= 15 is 0 Å². The maximum absolute atomic E-state index is 13.7. The lowest BCUT2D eigenvalue weighted by molar-refractivity contribution is -0.139. The third-order valence-corrected chi connectivity index (χ3v) is 6.59. The Kier molecular flexibility index (Phi) is 8.20. The van der Waals surface area contributed by atoms with Gasteiger partial charge in [0.15, 0.2) is 4.80 Å². The summed E-state index contributed by atoms with van der Waals surface area (Å²) in [6.07, 6.45) is 5.14. The van der Waals surface area contributed by atoms with E-state index in [0.29, 0.717) is 45.3 Å². The maximum Gasteiger partial charge on any atom is 0.338 e. The van der Waals surface area contributed by atoms with E-state index < -0.39 is 12.0 Å².